The molecular weight excluding hydrogens is 310 g/mol. The van der Waals surface area contributed by atoms with Gasteiger partial charge in [-0.1, -0.05) is 6.07 Å². The van der Waals surface area contributed by atoms with Crippen molar-refractivity contribution in [1.29, 1.82) is 0 Å². The van der Waals surface area contributed by atoms with E-state index in [1.54, 1.807) is 6.07 Å². The number of benzene rings is 2. The maximum absolute atomic E-state index is 12.0. The fourth-order valence-electron chi connectivity index (χ4n) is 1.58. The minimum Gasteiger partial charge on any atom is -0.504 e. The fourth-order valence-corrected chi connectivity index (χ4v) is 2.17. The van der Waals surface area contributed by atoms with Crippen LogP contribution in [0.25, 0.3) is 0 Å². The van der Waals surface area contributed by atoms with Crippen LogP contribution in [0.5, 0.6) is 11.5 Å². The van der Waals surface area contributed by atoms with Gasteiger partial charge in [0.05, 0.1) is 5.69 Å². The highest BCUT2D eigenvalue weighted by Gasteiger charge is 2.10. The van der Waals surface area contributed by atoms with Gasteiger partial charge in [0.1, 0.15) is 0 Å². The average molecular weight is 322 g/mol. The van der Waals surface area contributed by atoms with Crippen LogP contribution in [-0.2, 0) is 0 Å². The number of nitrogens with one attached hydrogen (secondary N) is 1. The molecule has 0 spiro atoms. The number of halogens is 1. The van der Waals surface area contributed by atoms with Crippen molar-refractivity contribution in [3.63, 3.8) is 0 Å². The number of anilines is 1. The first-order chi connectivity index (χ1) is 8.97. The zero-order valence-corrected chi connectivity index (χ0v) is 11.7. The highest BCUT2D eigenvalue weighted by Crippen LogP contribution is 2.27. The molecule has 0 radical (unpaired) electrons. The van der Waals surface area contributed by atoms with Gasteiger partial charge in [0.2, 0.25) is 0 Å². The number of phenols is 2. The van der Waals surface area contributed by atoms with Gasteiger partial charge in [-0.3, -0.25) is 4.79 Å². The summed E-state index contributed by atoms with van der Waals surface area (Å²) in [7, 11) is 0. The normalized spacial score (nSPS) is 10.2. The lowest BCUT2D eigenvalue weighted by molar-refractivity contribution is 0.102. The van der Waals surface area contributed by atoms with Crippen LogP contribution in [0.3, 0.4) is 0 Å². The van der Waals surface area contributed by atoms with Crippen molar-refractivity contribution in [2.75, 3.05) is 5.32 Å². The van der Waals surface area contributed by atoms with Crippen LogP contribution in [0, 0.1) is 6.92 Å². The lowest BCUT2D eigenvalue weighted by atomic mass is 10.1. The van der Waals surface area contributed by atoms with E-state index in [-0.39, 0.29) is 23.0 Å². The SMILES string of the molecule is Cc1ccc(NC(=O)c2ccc(O)c(O)c2)c(Br)c1. The minimum absolute atomic E-state index is 0.256. The van der Waals surface area contributed by atoms with E-state index in [2.05, 4.69) is 21.2 Å². The number of aryl methyl sites for hydroxylation is 1. The molecule has 0 fully saturated rings. The third-order valence-electron chi connectivity index (χ3n) is 2.61. The van der Waals surface area contributed by atoms with Crippen LogP contribution in [0.4, 0.5) is 5.69 Å². The molecule has 0 heterocycles. The van der Waals surface area contributed by atoms with Gasteiger partial charge in [-0.05, 0) is 58.7 Å². The molecule has 0 aliphatic heterocycles. The number of carbonyl (C=O) groups excluding carboxylic acids is 1. The van der Waals surface area contributed by atoms with E-state index >= 15 is 0 Å². The topological polar surface area (TPSA) is 69.6 Å². The number of amides is 1. The van der Waals surface area contributed by atoms with E-state index < -0.39 is 0 Å². The lowest BCUT2D eigenvalue weighted by Gasteiger charge is -2.08. The number of rotatable bonds is 2. The molecule has 2 aromatic carbocycles. The summed E-state index contributed by atoms with van der Waals surface area (Å²) in [4.78, 5) is 12.0. The summed E-state index contributed by atoms with van der Waals surface area (Å²) in [6, 6.07) is 9.49. The van der Waals surface area contributed by atoms with Crippen LogP contribution >= 0.6 is 15.9 Å². The van der Waals surface area contributed by atoms with E-state index in [0.29, 0.717) is 5.69 Å². The largest absolute Gasteiger partial charge is 0.504 e. The molecule has 0 bridgehead atoms. The summed E-state index contributed by atoms with van der Waals surface area (Å²) in [5.41, 5.74) is 1.98. The molecule has 0 saturated heterocycles. The quantitative estimate of drug-likeness (QED) is 0.742. The van der Waals surface area contributed by atoms with E-state index in [9.17, 15) is 15.0 Å². The summed E-state index contributed by atoms with van der Waals surface area (Å²) in [5.74, 6) is -0.941. The third kappa shape index (κ3) is 3.06. The molecule has 0 atom stereocenters. The number of phenolic OH excluding ortho intramolecular Hbond substituents is 2. The molecule has 0 saturated carbocycles. The maximum Gasteiger partial charge on any atom is 0.255 e. The van der Waals surface area contributed by atoms with Crippen molar-refractivity contribution >= 4 is 27.5 Å². The third-order valence-corrected chi connectivity index (χ3v) is 3.27. The van der Waals surface area contributed by atoms with Crippen molar-refractivity contribution < 1.29 is 15.0 Å². The van der Waals surface area contributed by atoms with Crippen molar-refractivity contribution in [2.45, 2.75) is 6.92 Å². The molecule has 5 heteroatoms. The smallest absolute Gasteiger partial charge is 0.255 e. The summed E-state index contributed by atoms with van der Waals surface area (Å²) >= 11 is 3.37. The van der Waals surface area contributed by atoms with Gasteiger partial charge in [-0.2, -0.15) is 0 Å². The Morgan fingerprint density at radius 3 is 2.47 bits per heavy atom. The van der Waals surface area contributed by atoms with E-state index in [1.807, 2.05) is 19.1 Å². The van der Waals surface area contributed by atoms with Crippen LogP contribution in [-0.4, -0.2) is 16.1 Å². The van der Waals surface area contributed by atoms with Gasteiger partial charge in [0, 0.05) is 10.0 Å². The minimum atomic E-state index is -0.361. The van der Waals surface area contributed by atoms with E-state index in [1.165, 1.54) is 18.2 Å². The predicted octanol–water partition coefficient (Wildman–Crippen LogP) is 3.42. The van der Waals surface area contributed by atoms with E-state index in [4.69, 9.17) is 0 Å². The molecule has 19 heavy (non-hydrogen) atoms. The summed E-state index contributed by atoms with van der Waals surface area (Å²) in [6.45, 7) is 1.95. The highest BCUT2D eigenvalue weighted by molar-refractivity contribution is 9.10. The van der Waals surface area contributed by atoms with Gasteiger partial charge in [-0.15, -0.1) is 0 Å². The predicted molar refractivity (Wildman–Crippen MR) is 76.6 cm³/mol. The molecule has 3 N–H and O–H groups in total. The van der Waals surface area contributed by atoms with Crippen molar-refractivity contribution in [3.8, 4) is 11.5 Å². The summed E-state index contributed by atoms with van der Waals surface area (Å²) in [6.07, 6.45) is 0. The van der Waals surface area contributed by atoms with Crippen LogP contribution in [0.1, 0.15) is 15.9 Å². The zero-order valence-electron chi connectivity index (χ0n) is 10.1. The molecule has 0 unspecified atom stereocenters. The van der Waals surface area contributed by atoms with Gasteiger partial charge in [-0.25, -0.2) is 0 Å². The molecule has 2 aromatic rings. The second-order valence-electron chi connectivity index (χ2n) is 4.14. The molecule has 4 nitrogen and oxygen atoms in total. The Morgan fingerprint density at radius 2 is 1.84 bits per heavy atom. The molecule has 0 aliphatic rings. The number of carbonyl (C=O) groups is 1. The molecular formula is C14H12BrNO3. The standard InChI is InChI=1S/C14H12BrNO3/c1-8-2-4-11(10(15)6-8)16-14(19)9-3-5-12(17)13(18)7-9/h2-7,17-18H,1H3,(H,16,19). The summed E-state index contributed by atoms with van der Waals surface area (Å²) in [5, 5.41) is 21.3. The number of aromatic hydroxyl groups is 2. The van der Waals surface area contributed by atoms with Crippen molar-refractivity contribution in [2.24, 2.45) is 0 Å². The monoisotopic (exact) mass is 321 g/mol. The first kappa shape index (κ1) is 13.4. The Bertz CT molecular complexity index is 641. The Kier molecular flexibility index (Phi) is 3.76. The van der Waals surface area contributed by atoms with Gasteiger partial charge in [0.25, 0.3) is 5.91 Å². The fraction of sp³-hybridized carbons (Fsp3) is 0.0714. The Morgan fingerprint density at radius 1 is 1.11 bits per heavy atom. The lowest BCUT2D eigenvalue weighted by Crippen LogP contribution is -2.12. The molecule has 0 aromatic heterocycles. The van der Waals surface area contributed by atoms with Crippen LogP contribution < -0.4 is 5.32 Å². The number of hydrogen-bond donors (Lipinski definition) is 3. The zero-order chi connectivity index (χ0) is 14.0. The van der Waals surface area contributed by atoms with Crippen LogP contribution in [0.15, 0.2) is 40.9 Å². The maximum atomic E-state index is 12.0. The van der Waals surface area contributed by atoms with Gasteiger partial charge in [0.15, 0.2) is 11.5 Å². The Labute approximate surface area is 118 Å². The van der Waals surface area contributed by atoms with Crippen molar-refractivity contribution in [3.05, 3.63) is 52.0 Å². The molecule has 98 valence electrons. The Balaban J connectivity index is 2.23. The molecule has 1 amide bonds. The second kappa shape index (κ2) is 5.32. The first-order valence-electron chi connectivity index (χ1n) is 5.57. The van der Waals surface area contributed by atoms with Gasteiger partial charge < -0.3 is 15.5 Å². The Hall–Kier alpha value is -2.01. The molecule has 0 aliphatic carbocycles. The summed E-state index contributed by atoms with van der Waals surface area (Å²) < 4.78 is 0.781. The van der Waals surface area contributed by atoms with Crippen molar-refractivity contribution in [1.82, 2.24) is 0 Å². The number of hydrogen-bond acceptors (Lipinski definition) is 3. The van der Waals surface area contributed by atoms with E-state index in [0.717, 1.165) is 10.0 Å². The second-order valence-corrected chi connectivity index (χ2v) is 5.00. The molecule has 2 rings (SSSR count). The highest BCUT2D eigenvalue weighted by atomic mass is 79.9. The van der Waals surface area contributed by atoms with Crippen LogP contribution in [0.2, 0.25) is 0 Å². The first-order valence-corrected chi connectivity index (χ1v) is 6.36. The van der Waals surface area contributed by atoms with Gasteiger partial charge >= 0.3 is 0 Å². The average Bonchev–Trinajstić information content (AvgIpc) is 2.36.